The highest BCUT2D eigenvalue weighted by Gasteiger charge is 2.14. The van der Waals surface area contributed by atoms with Crippen molar-refractivity contribution in [3.05, 3.63) is 66.1 Å². The Bertz CT molecular complexity index is 755. The molecule has 0 bridgehead atoms. The zero-order valence-electron chi connectivity index (χ0n) is 12.0. The van der Waals surface area contributed by atoms with Crippen molar-refractivity contribution in [3.63, 3.8) is 0 Å². The smallest absolute Gasteiger partial charge is 0.148 e. The fraction of sp³-hybridized carbons (Fsp3) is 0.176. The Kier molecular flexibility index (Phi) is 3.52. The second kappa shape index (κ2) is 5.48. The largest absolute Gasteiger partial charge is 0.352 e. The maximum Gasteiger partial charge on any atom is 0.148 e. The fourth-order valence-electron chi connectivity index (χ4n) is 2.28. The molecule has 0 aliphatic rings. The van der Waals surface area contributed by atoms with Crippen molar-refractivity contribution in [2.45, 2.75) is 13.0 Å². The standard InChI is InChI=1S/C17H16FN3/c1-12(13-7-9-14(18)10-8-13)21(2)17-11-19-15-5-3-4-6-16(15)20-17/h3-12H,1-2H3. The van der Waals surface area contributed by atoms with Crippen molar-refractivity contribution in [3.8, 4) is 0 Å². The molecule has 2 aromatic carbocycles. The van der Waals surface area contributed by atoms with Gasteiger partial charge in [-0.2, -0.15) is 0 Å². The lowest BCUT2D eigenvalue weighted by atomic mass is 10.1. The summed E-state index contributed by atoms with van der Waals surface area (Å²) < 4.78 is 13.0. The summed E-state index contributed by atoms with van der Waals surface area (Å²) in [7, 11) is 1.97. The van der Waals surface area contributed by atoms with E-state index in [4.69, 9.17) is 0 Å². The molecule has 1 aromatic heterocycles. The first kappa shape index (κ1) is 13.5. The lowest BCUT2D eigenvalue weighted by Gasteiger charge is -2.26. The molecule has 0 amide bonds. The minimum atomic E-state index is -0.223. The SMILES string of the molecule is CC(c1ccc(F)cc1)N(C)c1cnc2ccccc2n1. The summed E-state index contributed by atoms with van der Waals surface area (Å²) in [5.41, 5.74) is 2.78. The van der Waals surface area contributed by atoms with Crippen LogP contribution in [0.2, 0.25) is 0 Å². The number of rotatable bonds is 3. The van der Waals surface area contributed by atoms with Crippen LogP contribution in [0.4, 0.5) is 10.2 Å². The first-order valence-corrected chi connectivity index (χ1v) is 6.85. The Labute approximate surface area is 123 Å². The normalized spacial score (nSPS) is 12.3. The molecule has 0 N–H and O–H groups in total. The summed E-state index contributed by atoms with van der Waals surface area (Å²) in [4.78, 5) is 11.1. The average Bonchev–Trinajstić information content (AvgIpc) is 2.54. The summed E-state index contributed by atoms with van der Waals surface area (Å²) in [6.07, 6.45) is 1.77. The Morgan fingerprint density at radius 2 is 1.67 bits per heavy atom. The summed E-state index contributed by atoms with van der Waals surface area (Å²) in [6, 6.07) is 14.4. The van der Waals surface area contributed by atoms with E-state index in [1.807, 2.05) is 36.2 Å². The third kappa shape index (κ3) is 2.70. The van der Waals surface area contributed by atoms with Crippen LogP contribution in [0.5, 0.6) is 0 Å². The lowest BCUT2D eigenvalue weighted by molar-refractivity contribution is 0.625. The van der Waals surface area contributed by atoms with Gasteiger partial charge < -0.3 is 4.90 Å². The van der Waals surface area contributed by atoms with Crippen LogP contribution < -0.4 is 4.90 Å². The summed E-state index contributed by atoms with van der Waals surface area (Å²) in [5, 5.41) is 0. The molecule has 3 aromatic rings. The van der Waals surface area contributed by atoms with Gasteiger partial charge in [-0.25, -0.2) is 9.37 Å². The predicted octanol–water partition coefficient (Wildman–Crippen LogP) is 3.97. The number of aromatic nitrogens is 2. The first-order valence-electron chi connectivity index (χ1n) is 6.85. The highest BCUT2D eigenvalue weighted by molar-refractivity contribution is 5.75. The Balaban J connectivity index is 1.91. The molecule has 1 atom stereocenters. The monoisotopic (exact) mass is 281 g/mol. The minimum absolute atomic E-state index is 0.0843. The van der Waals surface area contributed by atoms with Crippen LogP contribution in [0.15, 0.2) is 54.7 Å². The highest BCUT2D eigenvalue weighted by atomic mass is 19.1. The Hall–Kier alpha value is -2.49. The molecule has 0 aliphatic heterocycles. The second-order valence-corrected chi connectivity index (χ2v) is 5.06. The van der Waals surface area contributed by atoms with Crippen LogP contribution >= 0.6 is 0 Å². The molecular weight excluding hydrogens is 265 g/mol. The number of para-hydroxylation sites is 2. The molecule has 0 saturated heterocycles. The van der Waals surface area contributed by atoms with Gasteiger partial charge in [0.25, 0.3) is 0 Å². The molecule has 0 fully saturated rings. The number of anilines is 1. The first-order chi connectivity index (χ1) is 10.1. The number of nitrogens with zero attached hydrogens (tertiary/aromatic N) is 3. The van der Waals surface area contributed by atoms with E-state index in [0.29, 0.717) is 0 Å². The maximum absolute atomic E-state index is 13.0. The van der Waals surface area contributed by atoms with Crippen molar-refractivity contribution < 1.29 is 4.39 Å². The van der Waals surface area contributed by atoms with Crippen LogP contribution in [0.1, 0.15) is 18.5 Å². The molecule has 0 saturated carbocycles. The van der Waals surface area contributed by atoms with E-state index in [9.17, 15) is 4.39 Å². The maximum atomic E-state index is 13.0. The number of benzene rings is 2. The van der Waals surface area contributed by atoms with Gasteiger partial charge in [-0.3, -0.25) is 4.98 Å². The van der Waals surface area contributed by atoms with E-state index in [2.05, 4.69) is 16.9 Å². The van der Waals surface area contributed by atoms with E-state index in [-0.39, 0.29) is 11.9 Å². The molecule has 106 valence electrons. The zero-order chi connectivity index (χ0) is 14.8. The van der Waals surface area contributed by atoms with E-state index in [1.165, 1.54) is 12.1 Å². The molecule has 0 radical (unpaired) electrons. The van der Waals surface area contributed by atoms with Gasteiger partial charge in [-0.15, -0.1) is 0 Å². The third-order valence-corrected chi connectivity index (χ3v) is 3.73. The molecule has 3 nitrogen and oxygen atoms in total. The van der Waals surface area contributed by atoms with Gasteiger partial charge in [-0.1, -0.05) is 24.3 Å². The molecule has 1 unspecified atom stereocenters. The van der Waals surface area contributed by atoms with Crippen LogP contribution in [-0.2, 0) is 0 Å². The van der Waals surface area contributed by atoms with Gasteiger partial charge >= 0.3 is 0 Å². The molecule has 0 aliphatic carbocycles. The van der Waals surface area contributed by atoms with Gasteiger partial charge in [-0.05, 0) is 36.8 Å². The van der Waals surface area contributed by atoms with Crippen LogP contribution in [-0.4, -0.2) is 17.0 Å². The quantitative estimate of drug-likeness (QED) is 0.727. The predicted molar refractivity (Wildman–Crippen MR) is 82.8 cm³/mol. The Morgan fingerprint density at radius 1 is 1.00 bits per heavy atom. The van der Waals surface area contributed by atoms with E-state index < -0.39 is 0 Å². The highest BCUT2D eigenvalue weighted by Crippen LogP contribution is 2.24. The van der Waals surface area contributed by atoms with Crippen LogP contribution in [0.25, 0.3) is 11.0 Å². The molecule has 0 spiro atoms. The second-order valence-electron chi connectivity index (χ2n) is 5.06. The minimum Gasteiger partial charge on any atom is -0.352 e. The number of fused-ring (bicyclic) bond motifs is 1. The average molecular weight is 281 g/mol. The molecule has 21 heavy (non-hydrogen) atoms. The summed E-state index contributed by atoms with van der Waals surface area (Å²) in [5.74, 6) is 0.574. The number of halogens is 1. The lowest BCUT2D eigenvalue weighted by Crippen LogP contribution is -2.22. The summed E-state index contributed by atoms with van der Waals surface area (Å²) in [6.45, 7) is 2.06. The van der Waals surface area contributed by atoms with Crippen molar-refractivity contribution >= 4 is 16.9 Å². The summed E-state index contributed by atoms with van der Waals surface area (Å²) >= 11 is 0. The zero-order valence-corrected chi connectivity index (χ0v) is 12.0. The van der Waals surface area contributed by atoms with Crippen molar-refractivity contribution in [2.75, 3.05) is 11.9 Å². The van der Waals surface area contributed by atoms with E-state index in [1.54, 1.807) is 18.3 Å². The molecule has 1 heterocycles. The van der Waals surface area contributed by atoms with Crippen molar-refractivity contribution in [1.29, 1.82) is 0 Å². The van der Waals surface area contributed by atoms with Crippen LogP contribution in [0, 0.1) is 5.82 Å². The molecule has 4 heteroatoms. The van der Waals surface area contributed by atoms with E-state index in [0.717, 1.165) is 22.4 Å². The number of hydrogen-bond donors (Lipinski definition) is 0. The number of hydrogen-bond acceptors (Lipinski definition) is 3. The fourth-order valence-corrected chi connectivity index (χ4v) is 2.28. The van der Waals surface area contributed by atoms with Gasteiger partial charge in [0, 0.05) is 7.05 Å². The molecular formula is C17H16FN3. The third-order valence-electron chi connectivity index (χ3n) is 3.73. The van der Waals surface area contributed by atoms with Crippen LogP contribution in [0.3, 0.4) is 0 Å². The van der Waals surface area contributed by atoms with Gasteiger partial charge in [0.15, 0.2) is 0 Å². The van der Waals surface area contributed by atoms with Gasteiger partial charge in [0.05, 0.1) is 23.3 Å². The topological polar surface area (TPSA) is 29.0 Å². The molecule has 3 rings (SSSR count). The van der Waals surface area contributed by atoms with Gasteiger partial charge in [0.2, 0.25) is 0 Å². The van der Waals surface area contributed by atoms with E-state index >= 15 is 0 Å². The Morgan fingerprint density at radius 3 is 2.38 bits per heavy atom. The van der Waals surface area contributed by atoms with Crippen molar-refractivity contribution in [2.24, 2.45) is 0 Å². The van der Waals surface area contributed by atoms with Crippen molar-refractivity contribution in [1.82, 2.24) is 9.97 Å². The van der Waals surface area contributed by atoms with Gasteiger partial charge in [0.1, 0.15) is 11.6 Å².